The molecular weight excluding hydrogens is 439 g/mol. The van der Waals surface area contributed by atoms with E-state index in [1.807, 2.05) is 0 Å². The second-order valence-corrected chi connectivity index (χ2v) is 9.92. The minimum Gasteiger partial charge on any atom is -0.286 e. The van der Waals surface area contributed by atoms with Crippen LogP contribution in [0.15, 0.2) is 71.9 Å². The fourth-order valence-electron chi connectivity index (χ4n) is 3.07. The van der Waals surface area contributed by atoms with Crippen LogP contribution in [0.3, 0.4) is 0 Å². The van der Waals surface area contributed by atoms with Gasteiger partial charge in [0.2, 0.25) is 5.91 Å². The lowest BCUT2D eigenvalue weighted by Crippen LogP contribution is -2.35. The fraction of sp³-hybridized carbons (Fsp3) is 0.190. The molecule has 0 saturated heterocycles. The first kappa shape index (κ1) is 21.1. The van der Waals surface area contributed by atoms with Crippen LogP contribution in [0, 0.1) is 5.82 Å². The van der Waals surface area contributed by atoms with Gasteiger partial charge in [0.25, 0.3) is 0 Å². The number of fused-ring (bicyclic) bond motifs is 1. The molecule has 0 radical (unpaired) electrons. The Hall–Kier alpha value is -3.11. The molecule has 2 aromatic carbocycles. The van der Waals surface area contributed by atoms with E-state index >= 15 is 0 Å². The Balaban J connectivity index is 1.56. The number of carbonyl (C=O) groups excluding carboxylic acids is 1. The van der Waals surface area contributed by atoms with Crippen molar-refractivity contribution in [3.63, 3.8) is 0 Å². The molecule has 0 aliphatic carbocycles. The predicted molar refractivity (Wildman–Crippen MR) is 117 cm³/mol. The first-order valence-corrected chi connectivity index (χ1v) is 12.0. The van der Waals surface area contributed by atoms with Crippen LogP contribution >= 0.6 is 11.3 Å². The van der Waals surface area contributed by atoms with Gasteiger partial charge in [-0.1, -0.05) is 29.5 Å². The Morgan fingerprint density at radius 3 is 2.68 bits per heavy atom. The predicted octanol–water partition coefficient (Wildman–Crippen LogP) is 3.53. The van der Waals surface area contributed by atoms with Gasteiger partial charge in [-0.05, 0) is 36.4 Å². The highest BCUT2D eigenvalue weighted by Gasteiger charge is 2.23. The second-order valence-electron chi connectivity index (χ2n) is 6.80. The quantitative estimate of drug-likeness (QED) is 0.403. The summed E-state index contributed by atoms with van der Waals surface area (Å²) in [5.74, 6) is -1.06. The normalized spacial score (nSPS) is 11.6. The van der Waals surface area contributed by atoms with Crippen molar-refractivity contribution in [2.75, 3.05) is 17.2 Å². The van der Waals surface area contributed by atoms with Crippen molar-refractivity contribution in [2.24, 2.45) is 0 Å². The average Bonchev–Trinajstić information content (AvgIpc) is 3.42. The summed E-state index contributed by atoms with van der Waals surface area (Å²) in [5.41, 5.74) is 0.579. The van der Waals surface area contributed by atoms with Crippen LogP contribution in [0.4, 0.5) is 9.52 Å². The highest BCUT2D eigenvalue weighted by atomic mass is 32.2. The first-order chi connectivity index (χ1) is 14.9. The van der Waals surface area contributed by atoms with Gasteiger partial charge in [-0.2, -0.15) is 5.10 Å². The molecule has 0 N–H and O–H groups in total. The number of thiazole rings is 1. The molecule has 160 valence electrons. The highest BCUT2D eigenvalue weighted by molar-refractivity contribution is 7.91. The molecule has 0 atom stereocenters. The van der Waals surface area contributed by atoms with E-state index in [0.717, 1.165) is 0 Å². The Labute approximate surface area is 182 Å². The molecule has 4 aromatic rings. The molecule has 0 bridgehead atoms. The third-order valence-corrected chi connectivity index (χ3v) is 7.44. The zero-order valence-electron chi connectivity index (χ0n) is 16.4. The van der Waals surface area contributed by atoms with E-state index in [4.69, 9.17) is 0 Å². The summed E-state index contributed by atoms with van der Waals surface area (Å²) in [4.78, 5) is 19.1. The maximum Gasteiger partial charge on any atom is 0.229 e. The molecule has 0 unspecified atom stereocenters. The van der Waals surface area contributed by atoms with Gasteiger partial charge in [0.05, 0.1) is 27.4 Å². The first-order valence-electron chi connectivity index (χ1n) is 9.54. The standard InChI is InChI=1S/C21H19FN4O3S2/c22-16-7-8-18-19(15-16)30-21(24-18)26(13-12-25-11-4-10-23-25)20(27)9-14-31(28,29)17-5-2-1-3-6-17/h1-8,10-11,15H,9,12-14H2. The maximum atomic E-state index is 13.6. The van der Waals surface area contributed by atoms with Crippen LogP contribution < -0.4 is 4.90 Å². The van der Waals surface area contributed by atoms with Crippen molar-refractivity contribution in [1.29, 1.82) is 0 Å². The van der Waals surface area contributed by atoms with Gasteiger partial charge in [0.1, 0.15) is 5.82 Å². The zero-order valence-corrected chi connectivity index (χ0v) is 18.0. The summed E-state index contributed by atoms with van der Waals surface area (Å²) >= 11 is 1.19. The van der Waals surface area contributed by atoms with E-state index in [1.165, 1.54) is 40.5 Å². The van der Waals surface area contributed by atoms with E-state index < -0.39 is 9.84 Å². The van der Waals surface area contributed by atoms with Gasteiger partial charge < -0.3 is 0 Å². The van der Waals surface area contributed by atoms with Gasteiger partial charge in [-0.25, -0.2) is 17.8 Å². The number of halogens is 1. The van der Waals surface area contributed by atoms with Gasteiger partial charge in [-0.15, -0.1) is 0 Å². The van der Waals surface area contributed by atoms with Gasteiger partial charge in [-0.3, -0.25) is 14.4 Å². The molecule has 2 aromatic heterocycles. The van der Waals surface area contributed by atoms with E-state index in [9.17, 15) is 17.6 Å². The molecule has 1 amide bonds. The van der Waals surface area contributed by atoms with E-state index in [0.29, 0.717) is 21.9 Å². The Kier molecular flexibility index (Phi) is 6.10. The Morgan fingerprint density at radius 1 is 1.13 bits per heavy atom. The van der Waals surface area contributed by atoms with Crippen molar-refractivity contribution in [3.8, 4) is 0 Å². The number of hydrogen-bond acceptors (Lipinski definition) is 6. The highest BCUT2D eigenvalue weighted by Crippen LogP contribution is 2.30. The largest absolute Gasteiger partial charge is 0.286 e. The van der Waals surface area contributed by atoms with Crippen LogP contribution in [0.1, 0.15) is 6.42 Å². The molecular formula is C21H19FN4O3S2. The monoisotopic (exact) mass is 458 g/mol. The number of rotatable bonds is 8. The number of benzene rings is 2. The topological polar surface area (TPSA) is 85.2 Å². The number of anilines is 1. The molecule has 0 fully saturated rings. The lowest BCUT2D eigenvalue weighted by Gasteiger charge is -2.20. The molecule has 31 heavy (non-hydrogen) atoms. The van der Waals surface area contributed by atoms with Crippen LogP contribution in [0.5, 0.6) is 0 Å². The minimum absolute atomic E-state index is 0.182. The van der Waals surface area contributed by atoms with Crippen LogP contribution in [0.25, 0.3) is 10.2 Å². The summed E-state index contributed by atoms with van der Waals surface area (Å²) in [6, 6.07) is 14.1. The Bertz CT molecular complexity index is 1290. The Morgan fingerprint density at radius 2 is 1.94 bits per heavy atom. The molecule has 2 heterocycles. The lowest BCUT2D eigenvalue weighted by molar-refractivity contribution is -0.118. The number of amides is 1. The van der Waals surface area contributed by atoms with Crippen molar-refractivity contribution in [3.05, 3.63) is 72.8 Å². The van der Waals surface area contributed by atoms with Crippen molar-refractivity contribution in [1.82, 2.24) is 14.8 Å². The molecule has 4 rings (SSSR count). The molecule has 10 heteroatoms. The van der Waals surface area contributed by atoms with Gasteiger partial charge >= 0.3 is 0 Å². The molecule has 7 nitrogen and oxygen atoms in total. The lowest BCUT2D eigenvalue weighted by atomic mass is 10.3. The van der Waals surface area contributed by atoms with Crippen molar-refractivity contribution in [2.45, 2.75) is 17.9 Å². The van der Waals surface area contributed by atoms with Crippen LogP contribution in [-0.2, 0) is 21.2 Å². The minimum atomic E-state index is -3.59. The molecule has 0 aliphatic rings. The summed E-state index contributed by atoms with van der Waals surface area (Å²) in [7, 11) is -3.59. The van der Waals surface area contributed by atoms with Gasteiger partial charge in [0.15, 0.2) is 15.0 Å². The number of carbonyl (C=O) groups is 1. The average molecular weight is 459 g/mol. The third kappa shape index (κ3) is 4.97. The summed E-state index contributed by atoms with van der Waals surface area (Å²) in [5, 5.41) is 4.53. The summed E-state index contributed by atoms with van der Waals surface area (Å²) < 4.78 is 41.0. The second kappa shape index (κ2) is 8.94. The zero-order chi connectivity index (χ0) is 21.8. The number of sulfone groups is 1. The van der Waals surface area contributed by atoms with Crippen LogP contribution in [0.2, 0.25) is 0 Å². The van der Waals surface area contributed by atoms with Crippen molar-refractivity contribution >= 4 is 42.4 Å². The van der Waals surface area contributed by atoms with E-state index in [1.54, 1.807) is 47.4 Å². The third-order valence-electron chi connectivity index (χ3n) is 4.67. The maximum absolute atomic E-state index is 13.6. The number of hydrogen-bond donors (Lipinski definition) is 0. The van der Waals surface area contributed by atoms with E-state index in [-0.39, 0.29) is 35.3 Å². The fourth-order valence-corrected chi connectivity index (χ4v) is 5.35. The molecule has 0 aliphatic heterocycles. The SMILES string of the molecule is O=C(CCS(=O)(=O)c1ccccc1)N(CCn1cccn1)c1nc2ccc(F)cc2s1. The number of nitrogens with zero attached hydrogens (tertiary/aromatic N) is 4. The van der Waals surface area contributed by atoms with Crippen LogP contribution in [-0.4, -0.2) is 41.4 Å². The van der Waals surface area contributed by atoms with Gasteiger partial charge in [0, 0.05) is 25.4 Å². The molecule has 0 saturated carbocycles. The van der Waals surface area contributed by atoms with E-state index in [2.05, 4.69) is 10.1 Å². The summed E-state index contributed by atoms with van der Waals surface area (Å²) in [6.07, 6.45) is 3.22. The van der Waals surface area contributed by atoms with Crippen molar-refractivity contribution < 1.29 is 17.6 Å². The smallest absolute Gasteiger partial charge is 0.229 e. The number of aromatic nitrogens is 3. The summed E-state index contributed by atoms with van der Waals surface area (Å²) in [6.45, 7) is 0.669. The molecule has 0 spiro atoms.